The van der Waals surface area contributed by atoms with Crippen molar-refractivity contribution in [1.29, 1.82) is 0 Å². The monoisotopic (exact) mass is 268 g/mol. The lowest BCUT2D eigenvalue weighted by Gasteiger charge is -2.26. The highest BCUT2D eigenvalue weighted by Crippen LogP contribution is 2.33. The van der Waals surface area contributed by atoms with Crippen molar-refractivity contribution in [3.05, 3.63) is 65.7 Å². The summed E-state index contributed by atoms with van der Waals surface area (Å²) in [5.74, 6) is 1.29. The molecule has 2 aromatic carbocycles. The van der Waals surface area contributed by atoms with E-state index in [0.717, 1.165) is 11.1 Å². The molecule has 0 bridgehead atoms. The van der Waals surface area contributed by atoms with Crippen LogP contribution in [0, 0.1) is 0 Å². The van der Waals surface area contributed by atoms with Gasteiger partial charge in [0.1, 0.15) is 12.2 Å². The van der Waals surface area contributed by atoms with Gasteiger partial charge in [-0.3, -0.25) is 0 Å². The number of hydrogen-bond donors (Lipinski definition) is 1. The second-order valence-electron chi connectivity index (χ2n) is 4.67. The van der Waals surface area contributed by atoms with Crippen molar-refractivity contribution in [2.75, 3.05) is 7.11 Å². The number of hydrogen-bond acceptors (Lipinski definition) is 3. The first kappa shape index (κ1) is 12.8. The fraction of sp³-hybridized carbons (Fsp3) is 0.176. The molecule has 102 valence electrons. The number of para-hydroxylation sites is 2. The minimum Gasteiger partial charge on any atom is -0.493 e. The van der Waals surface area contributed by atoms with Crippen LogP contribution in [0.25, 0.3) is 6.08 Å². The molecule has 3 rings (SSSR count). The van der Waals surface area contributed by atoms with Gasteiger partial charge < -0.3 is 14.6 Å². The third-order valence-electron chi connectivity index (χ3n) is 3.42. The fourth-order valence-electron chi connectivity index (χ4n) is 2.38. The maximum absolute atomic E-state index is 10.4. The smallest absolute Gasteiger partial charge is 0.162 e. The highest BCUT2D eigenvalue weighted by Gasteiger charge is 2.26. The molecule has 0 radical (unpaired) electrons. The molecule has 0 amide bonds. The predicted molar refractivity (Wildman–Crippen MR) is 77.8 cm³/mol. The Bertz CT molecular complexity index is 634. The molecular formula is C17H16O3. The number of ether oxygens (including phenoxy) is 2. The average Bonchev–Trinajstić information content (AvgIpc) is 2.51. The number of aliphatic hydroxyl groups is 1. The molecule has 3 nitrogen and oxygen atoms in total. The maximum atomic E-state index is 10.4. The van der Waals surface area contributed by atoms with E-state index in [1.807, 2.05) is 60.7 Å². The van der Waals surface area contributed by atoms with Crippen molar-refractivity contribution < 1.29 is 14.6 Å². The number of fused-ring (bicyclic) bond motifs is 1. The van der Waals surface area contributed by atoms with Crippen LogP contribution in [0.2, 0.25) is 0 Å². The van der Waals surface area contributed by atoms with Crippen LogP contribution in [0.5, 0.6) is 11.5 Å². The van der Waals surface area contributed by atoms with Gasteiger partial charge in [0, 0.05) is 0 Å². The molecule has 1 aliphatic rings. The third-order valence-corrected chi connectivity index (χ3v) is 3.42. The molecule has 0 saturated heterocycles. The standard InChI is InChI=1S/C17H16O3/c1-19-14-8-4-5-9-15(14)20-16-11-10-12-6-2-3-7-13(12)17(16)18/h2-11,16-18H,1H3/t16-,17-/m1/s1. The van der Waals surface area contributed by atoms with E-state index in [2.05, 4.69) is 0 Å². The van der Waals surface area contributed by atoms with Gasteiger partial charge >= 0.3 is 0 Å². The van der Waals surface area contributed by atoms with Crippen molar-refractivity contribution in [3.8, 4) is 11.5 Å². The van der Waals surface area contributed by atoms with E-state index in [1.54, 1.807) is 7.11 Å². The van der Waals surface area contributed by atoms with Crippen LogP contribution in [-0.4, -0.2) is 18.3 Å². The average molecular weight is 268 g/mol. The molecule has 0 aromatic heterocycles. The molecule has 0 fully saturated rings. The van der Waals surface area contributed by atoms with Gasteiger partial charge in [-0.15, -0.1) is 0 Å². The van der Waals surface area contributed by atoms with Crippen LogP contribution < -0.4 is 9.47 Å². The molecule has 2 aromatic rings. The molecule has 2 atom stereocenters. The summed E-state index contributed by atoms with van der Waals surface area (Å²) in [5, 5.41) is 10.4. The van der Waals surface area contributed by atoms with Crippen molar-refractivity contribution in [2.24, 2.45) is 0 Å². The number of benzene rings is 2. The Balaban J connectivity index is 1.87. The summed E-state index contributed by atoms with van der Waals surface area (Å²) in [4.78, 5) is 0. The van der Waals surface area contributed by atoms with Gasteiger partial charge in [0.2, 0.25) is 0 Å². The lowest BCUT2D eigenvalue weighted by molar-refractivity contribution is 0.0606. The van der Waals surface area contributed by atoms with E-state index < -0.39 is 12.2 Å². The summed E-state index contributed by atoms with van der Waals surface area (Å²) >= 11 is 0. The van der Waals surface area contributed by atoms with Crippen molar-refractivity contribution in [3.63, 3.8) is 0 Å². The highest BCUT2D eigenvalue weighted by molar-refractivity contribution is 5.58. The molecule has 0 spiro atoms. The van der Waals surface area contributed by atoms with Gasteiger partial charge in [-0.1, -0.05) is 42.5 Å². The zero-order valence-electron chi connectivity index (χ0n) is 11.2. The van der Waals surface area contributed by atoms with E-state index in [-0.39, 0.29) is 0 Å². The summed E-state index contributed by atoms with van der Waals surface area (Å²) in [6, 6.07) is 15.2. The molecule has 1 aliphatic carbocycles. The molecule has 0 saturated carbocycles. The first-order valence-electron chi connectivity index (χ1n) is 6.54. The Morgan fingerprint density at radius 3 is 2.45 bits per heavy atom. The summed E-state index contributed by atoms with van der Waals surface area (Å²) in [7, 11) is 1.60. The van der Waals surface area contributed by atoms with Crippen LogP contribution in [0.4, 0.5) is 0 Å². The van der Waals surface area contributed by atoms with E-state index in [9.17, 15) is 5.11 Å². The minimum absolute atomic E-state index is 0.416. The van der Waals surface area contributed by atoms with Crippen LogP contribution in [0.3, 0.4) is 0 Å². The quantitative estimate of drug-likeness (QED) is 0.929. The summed E-state index contributed by atoms with van der Waals surface area (Å²) < 4.78 is 11.1. The number of rotatable bonds is 3. The van der Waals surface area contributed by atoms with Gasteiger partial charge in [0.25, 0.3) is 0 Å². The van der Waals surface area contributed by atoms with Gasteiger partial charge in [-0.2, -0.15) is 0 Å². The Morgan fingerprint density at radius 1 is 0.950 bits per heavy atom. The minimum atomic E-state index is -0.680. The second kappa shape index (κ2) is 5.39. The van der Waals surface area contributed by atoms with Gasteiger partial charge in [-0.05, 0) is 29.3 Å². The lowest BCUT2D eigenvalue weighted by Crippen LogP contribution is -2.26. The summed E-state index contributed by atoms with van der Waals surface area (Å²) in [5.41, 5.74) is 1.91. The van der Waals surface area contributed by atoms with Crippen LogP contribution >= 0.6 is 0 Å². The molecule has 3 heteroatoms. The molecule has 0 heterocycles. The van der Waals surface area contributed by atoms with Gasteiger partial charge in [0.15, 0.2) is 11.5 Å². The number of methoxy groups -OCH3 is 1. The highest BCUT2D eigenvalue weighted by atomic mass is 16.5. The fourth-order valence-corrected chi connectivity index (χ4v) is 2.38. The Hall–Kier alpha value is -2.26. The molecule has 0 unspecified atom stereocenters. The predicted octanol–water partition coefficient (Wildman–Crippen LogP) is 3.20. The van der Waals surface area contributed by atoms with Crippen LogP contribution in [0.15, 0.2) is 54.6 Å². The second-order valence-corrected chi connectivity index (χ2v) is 4.67. The largest absolute Gasteiger partial charge is 0.493 e. The third kappa shape index (κ3) is 2.28. The van der Waals surface area contributed by atoms with Gasteiger partial charge in [-0.25, -0.2) is 0 Å². The van der Waals surface area contributed by atoms with Crippen molar-refractivity contribution in [1.82, 2.24) is 0 Å². The van der Waals surface area contributed by atoms with Crippen molar-refractivity contribution >= 4 is 6.08 Å². The van der Waals surface area contributed by atoms with E-state index in [1.165, 1.54) is 0 Å². The van der Waals surface area contributed by atoms with E-state index in [4.69, 9.17) is 9.47 Å². The normalized spacial score (nSPS) is 20.3. The van der Waals surface area contributed by atoms with Gasteiger partial charge in [0.05, 0.1) is 7.11 Å². The van der Waals surface area contributed by atoms with Crippen LogP contribution in [0.1, 0.15) is 17.2 Å². The molecule has 0 aliphatic heterocycles. The molecule has 1 N–H and O–H groups in total. The Morgan fingerprint density at radius 2 is 1.65 bits per heavy atom. The van der Waals surface area contributed by atoms with E-state index in [0.29, 0.717) is 11.5 Å². The topological polar surface area (TPSA) is 38.7 Å². The molecule has 20 heavy (non-hydrogen) atoms. The summed E-state index contributed by atoms with van der Waals surface area (Å²) in [6.45, 7) is 0. The van der Waals surface area contributed by atoms with Crippen LogP contribution in [-0.2, 0) is 0 Å². The van der Waals surface area contributed by atoms with Crippen molar-refractivity contribution in [2.45, 2.75) is 12.2 Å². The maximum Gasteiger partial charge on any atom is 0.162 e. The summed E-state index contributed by atoms with van der Waals surface area (Å²) in [6.07, 6.45) is 2.75. The Labute approximate surface area is 118 Å². The zero-order valence-corrected chi connectivity index (χ0v) is 11.2. The first-order valence-corrected chi connectivity index (χ1v) is 6.54. The first-order chi connectivity index (χ1) is 9.79. The van der Waals surface area contributed by atoms with E-state index >= 15 is 0 Å². The number of aliphatic hydroxyl groups excluding tert-OH is 1. The lowest BCUT2D eigenvalue weighted by atomic mass is 9.93. The molecular weight excluding hydrogens is 252 g/mol. The zero-order chi connectivity index (χ0) is 13.9. The Kier molecular flexibility index (Phi) is 3.44. The SMILES string of the molecule is COc1ccccc1O[C@@H]1C=Cc2ccccc2[C@H]1O.